The van der Waals surface area contributed by atoms with Crippen LogP contribution in [0.3, 0.4) is 0 Å². The van der Waals surface area contributed by atoms with Gasteiger partial charge in [-0.15, -0.1) is 0 Å². The standard InChI is InChI=1S/C15H19ClN2O4S/c16-12-1-2-14-13(7-12)18(4-5-22-14)9-15(19)17-8-11-3-6-23(20,21)10-11/h1-2,7,11H,3-6,8-10H2,(H,17,19)/t11-/m1/s1. The third kappa shape index (κ3) is 4.09. The van der Waals surface area contributed by atoms with Gasteiger partial charge in [-0.3, -0.25) is 4.79 Å². The Kier molecular flexibility index (Phi) is 4.68. The topological polar surface area (TPSA) is 75.7 Å². The largest absolute Gasteiger partial charge is 0.490 e. The van der Waals surface area contributed by atoms with E-state index in [2.05, 4.69) is 5.32 Å². The highest BCUT2D eigenvalue weighted by molar-refractivity contribution is 7.91. The van der Waals surface area contributed by atoms with E-state index in [-0.39, 0.29) is 29.9 Å². The SMILES string of the molecule is O=C(CN1CCOc2ccc(Cl)cc21)NC[C@H]1CCS(=O)(=O)C1. The summed E-state index contributed by atoms with van der Waals surface area (Å²) < 4.78 is 28.4. The number of carbonyl (C=O) groups excluding carboxylic acids is 1. The number of hydrogen-bond acceptors (Lipinski definition) is 5. The van der Waals surface area contributed by atoms with Gasteiger partial charge in [0.2, 0.25) is 5.91 Å². The van der Waals surface area contributed by atoms with E-state index in [0.29, 0.717) is 31.1 Å². The number of nitrogens with one attached hydrogen (secondary N) is 1. The number of carbonyl (C=O) groups is 1. The summed E-state index contributed by atoms with van der Waals surface area (Å²) in [6.45, 7) is 1.74. The maximum Gasteiger partial charge on any atom is 0.239 e. The summed E-state index contributed by atoms with van der Waals surface area (Å²) in [6, 6.07) is 5.34. The zero-order valence-corrected chi connectivity index (χ0v) is 14.2. The molecule has 2 aliphatic heterocycles. The molecule has 1 saturated heterocycles. The van der Waals surface area contributed by atoms with E-state index >= 15 is 0 Å². The summed E-state index contributed by atoms with van der Waals surface area (Å²) in [5, 5.41) is 3.43. The number of amides is 1. The maximum absolute atomic E-state index is 12.1. The van der Waals surface area contributed by atoms with Crippen LogP contribution in [0.4, 0.5) is 5.69 Å². The van der Waals surface area contributed by atoms with Crippen LogP contribution in [-0.2, 0) is 14.6 Å². The van der Waals surface area contributed by atoms with E-state index in [4.69, 9.17) is 16.3 Å². The molecular formula is C15H19ClN2O4S. The second kappa shape index (κ2) is 6.57. The molecule has 1 aromatic carbocycles. The maximum atomic E-state index is 12.1. The minimum absolute atomic E-state index is 0.0235. The Hall–Kier alpha value is -1.47. The van der Waals surface area contributed by atoms with Crippen LogP contribution in [0.1, 0.15) is 6.42 Å². The molecule has 0 radical (unpaired) electrons. The van der Waals surface area contributed by atoms with Crippen molar-refractivity contribution in [3.8, 4) is 5.75 Å². The molecule has 0 unspecified atom stereocenters. The van der Waals surface area contributed by atoms with Crippen molar-refractivity contribution in [1.29, 1.82) is 0 Å². The van der Waals surface area contributed by atoms with E-state index in [1.165, 1.54) is 0 Å². The molecule has 23 heavy (non-hydrogen) atoms. The lowest BCUT2D eigenvalue weighted by Crippen LogP contribution is -2.42. The molecule has 1 atom stereocenters. The molecule has 1 aromatic rings. The minimum atomic E-state index is -2.91. The summed E-state index contributed by atoms with van der Waals surface area (Å²) in [6.07, 6.45) is 0.624. The van der Waals surface area contributed by atoms with E-state index in [1.807, 2.05) is 4.90 Å². The zero-order valence-electron chi connectivity index (χ0n) is 12.6. The number of anilines is 1. The van der Waals surface area contributed by atoms with Gasteiger partial charge >= 0.3 is 0 Å². The summed E-state index contributed by atoms with van der Waals surface area (Å²) in [4.78, 5) is 14.1. The molecule has 1 amide bonds. The summed E-state index contributed by atoms with van der Waals surface area (Å²) >= 11 is 6.01. The molecule has 2 aliphatic rings. The van der Waals surface area contributed by atoms with Crippen LogP contribution in [0.2, 0.25) is 5.02 Å². The summed E-state index contributed by atoms with van der Waals surface area (Å²) in [5.74, 6) is 1.01. The second-order valence-electron chi connectivity index (χ2n) is 5.96. The van der Waals surface area contributed by atoms with E-state index in [1.54, 1.807) is 18.2 Å². The Morgan fingerprint density at radius 1 is 1.43 bits per heavy atom. The Morgan fingerprint density at radius 2 is 2.26 bits per heavy atom. The predicted molar refractivity (Wildman–Crippen MR) is 88.9 cm³/mol. The average molecular weight is 359 g/mol. The fourth-order valence-corrected chi connectivity index (χ4v) is 4.96. The second-order valence-corrected chi connectivity index (χ2v) is 8.62. The highest BCUT2D eigenvalue weighted by atomic mass is 35.5. The number of sulfone groups is 1. The Morgan fingerprint density at radius 3 is 3.00 bits per heavy atom. The van der Waals surface area contributed by atoms with Crippen LogP contribution in [0.15, 0.2) is 18.2 Å². The van der Waals surface area contributed by atoms with Crippen LogP contribution < -0.4 is 15.0 Å². The van der Waals surface area contributed by atoms with E-state index in [9.17, 15) is 13.2 Å². The van der Waals surface area contributed by atoms with Crippen LogP contribution in [0.5, 0.6) is 5.75 Å². The smallest absolute Gasteiger partial charge is 0.239 e. The molecule has 0 spiro atoms. The first-order valence-corrected chi connectivity index (χ1v) is 9.77. The highest BCUT2D eigenvalue weighted by Crippen LogP contribution is 2.33. The quantitative estimate of drug-likeness (QED) is 0.872. The van der Waals surface area contributed by atoms with Gasteiger partial charge < -0.3 is 15.0 Å². The third-order valence-electron chi connectivity index (χ3n) is 4.13. The van der Waals surface area contributed by atoms with E-state index in [0.717, 1.165) is 11.4 Å². The molecule has 0 aromatic heterocycles. The van der Waals surface area contributed by atoms with Gasteiger partial charge in [-0.25, -0.2) is 8.42 Å². The van der Waals surface area contributed by atoms with Gasteiger partial charge in [-0.05, 0) is 30.5 Å². The van der Waals surface area contributed by atoms with E-state index < -0.39 is 9.84 Å². The van der Waals surface area contributed by atoms with Gasteiger partial charge in [-0.1, -0.05) is 11.6 Å². The van der Waals surface area contributed by atoms with Crippen LogP contribution in [0, 0.1) is 5.92 Å². The van der Waals surface area contributed by atoms with Crippen molar-refractivity contribution in [2.24, 2.45) is 5.92 Å². The van der Waals surface area contributed by atoms with Crippen LogP contribution >= 0.6 is 11.6 Å². The van der Waals surface area contributed by atoms with Crippen LogP contribution in [0.25, 0.3) is 0 Å². The molecule has 2 heterocycles. The van der Waals surface area contributed by atoms with Crippen molar-refractivity contribution >= 4 is 33.0 Å². The van der Waals surface area contributed by atoms with Gasteiger partial charge in [0.1, 0.15) is 12.4 Å². The zero-order chi connectivity index (χ0) is 16.4. The predicted octanol–water partition coefficient (Wildman–Crippen LogP) is 1.09. The minimum Gasteiger partial charge on any atom is -0.490 e. The lowest BCUT2D eigenvalue weighted by molar-refractivity contribution is -0.119. The summed E-state index contributed by atoms with van der Waals surface area (Å²) in [5.41, 5.74) is 0.808. The lowest BCUT2D eigenvalue weighted by Gasteiger charge is -2.30. The molecule has 126 valence electrons. The van der Waals surface area contributed by atoms with Gasteiger partial charge in [0.15, 0.2) is 9.84 Å². The molecule has 0 saturated carbocycles. The molecular weight excluding hydrogens is 340 g/mol. The molecule has 1 fully saturated rings. The first-order valence-electron chi connectivity index (χ1n) is 7.57. The van der Waals surface area contributed by atoms with Crippen molar-refractivity contribution in [3.63, 3.8) is 0 Å². The van der Waals surface area contributed by atoms with Crippen molar-refractivity contribution < 1.29 is 17.9 Å². The number of halogens is 1. The fourth-order valence-electron chi connectivity index (χ4n) is 2.93. The Balaban J connectivity index is 1.56. The number of rotatable bonds is 4. The molecule has 1 N–H and O–H groups in total. The molecule has 0 bridgehead atoms. The Bertz CT molecular complexity index is 707. The average Bonchev–Trinajstić information content (AvgIpc) is 2.85. The van der Waals surface area contributed by atoms with Crippen molar-refractivity contribution in [2.45, 2.75) is 6.42 Å². The Labute approximate surface area is 140 Å². The first kappa shape index (κ1) is 16.4. The molecule has 6 nitrogen and oxygen atoms in total. The number of benzene rings is 1. The van der Waals surface area contributed by atoms with Crippen molar-refractivity contribution in [2.75, 3.05) is 42.6 Å². The van der Waals surface area contributed by atoms with Crippen molar-refractivity contribution in [1.82, 2.24) is 5.32 Å². The van der Waals surface area contributed by atoms with Crippen LogP contribution in [-0.4, -0.2) is 52.1 Å². The molecule has 8 heteroatoms. The normalized spacial score (nSPS) is 22.3. The number of hydrogen-bond donors (Lipinski definition) is 1. The monoisotopic (exact) mass is 358 g/mol. The third-order valence-corrected chi connectivity index (χ3v) is 6.20. The highest BCUT2D eigenvalue weighted by Gasteiger charge is 2.28. The van der Waals surface area contributed by atoms with Crippen molar-refractivity contribution in [3.05, 3.63) is 23.2 Å². The number of ether oxygens (including phenoxy) is 1. The molecule has 0 aliphatic carbocycles. The lowest BCUT2D eigenvalue weighted by atomic mass is 10.1. The number of nitrogens with zero attached hydrogens (tertiary/aromatic N) is 1. The van der Waals surface area contributed by atoms with Gasteiger partial charge in [-0.2, -0.15) is 0 Å². The first-order chi connectivity index (χ1) is 10.9. The number of fused-ring (bicyclic) bond motifs is 1. The fraction of sp³-hybridized carbons (Fsp3) is 0.533. The van der Waals surface area contributed by atoms with Gasteiger partial charge in [0.25, 0.3) is 0 Å². The summed E-state index contributed by atoms with van der Waals surface area (Å²) in [7, 11) is -2.91. The van der Waals surface area contributed by atoms with Gasteiger partial charge in [0, 0.05) is 11.6 Å². The molecule has 3 rings (SSSR count). The van der Waals surface area contributed by atoms with Gasteiger partial charge in [0.05, 0.1) is 30.3 Å².